The summed E-state index contributed by atoms with van der Waals surface area (Å²) >= 11 is 0. The molecule has 1 amide bonds. The van der Waals surface area contributed by atoms with Gasteiger partial charge in [0.15, 0.2) is 0 Å². The van der Waals surface area contributed by atoms with Crippen LogP contribution in [0.4, 0.5) is 4.79 Å². The zero-order valence-electron chi connectivity index (χ0n) is 10.7. The third-order valence-electron chi connectivity index (χ3n) is 3.11. The minimum absolute atomic E-state index is 0.124. The normalized spacial score (nSPS) is 27.8. The van der Waals surface area contributed by atoms with Gasteiger partial charge in [-0.1, -0.05) is 0 Å². The van der Waals surface area contributed by atoms with Crippen LogP contribution in [0.15, 0.2) is 0 Å². The highest BCUT2D eigenvalue weighted by molar-refractivity contribution is 5.69. The lowest BCUT2D eigenvalue weighted by atomic mass is 9.87. The summed E-state index contributed by atoms with van der Waals surface area (Å²) in [6.07, 6.45) is 1.37. The van der Waals surface area contributed by atoms with Gasteiger partial charge in [-0.3, -0.25) is 0 Å². The fourth-order valence-corrected chi connectivity index (χ4v) is 2.28. The second kappa shape index (κ2) is 4.14. The highest BCUT2D eigenvalue weighted by Gasteiger charge is 2.51. The Morgan fingerprint density at radius 2 is 2.12 bits per heavy atom. The van der Waals surface area contributed by atoms with Gasteiger partial charge in [0.25, 0.3) is 0 Å². The van der Waals surface area contributed by atoms with Crippen LogP contribution in [0.2, 0.25) is 0 Å². The summed E-state index contributed by atoms with van der Waals surface area (Å²) in [6.45, 7) is 6.82. The number of ether oxygens (including phenoxy) is 2. The quantitative estimate of drug-likeness (QED) is 0.750. The van der Waals surface area contributed by atoms with Gasteiger partial charge in [-0.15, -0.1) is 0 Å². The predicted molar refractivity (Wildman–Crippen MR) is 61.7 cm³/mol. The first-order chi connectivity index (χ1) is 7.80. The molecule has 0 saturated carbocycles. The Morgan fingerprint density at radius 3 is 2.59 bits per heavy atom. The van der Waals surface area contributed by atoms with Crippen LogP contribution in [-0.4, -0.2) is 53.1 Å². The zero-order chi connectivity index (χ0) is 12.7. The summed E-state index contributed by atoms with van der Waals surface area (Å²) in [5, 5.41) is 10.3. The van der Waals surface area contributed by atoms with Crippen molar-refractivity contribution in [3.63, 3.8) is 0 Å². The van der Waals surface area contributed by atoms with E-state index in [2.05, 4.69) is 0 Å². The third kappa shape index (κ3) is 2.72. The lowest BCUT2D eigenvalue weighted by Crippen LogP contribution is -2.69. The standard InChI is InChI=1S/C12H21NO4/c1-11(2,3)17-10(14)13-7-12(15,8-13)9-5-4-6-16-9/h9,15H,4-8H2,1-3H3. The molecule has 5 heteroatoms. The van der Waals surface area contributed by atoms with Crippen molar-refractivity contribution < 1.29 is 19.4 Å². The lowest BCUT2D eigenvalue weighted by molar-refractivity contribution is -0.162. The van der Waals surface area contributed by atoms with Crippen molar-refractivity contribution in [2.24, 2.45) is 0 Å². The maximum Gasteiger partial charge on any atom is 0.410 e. The summed E-state index contributed by atoms with van der Waals surface area (Å²) in [5.74, 6) is 0. The Morgan fingerprint density at radius 1 is 1.47 bits per heavy atom. The Balaban J connectivity index is 1.83. The van der Waals surface area contributed by atoms with Gasteiger partial charge < -0.3 is 19.5 Å². The topological polar surface area (TPSA) is 59.0 Å². The molecular formula is C12H21NO4. The van der Waals surface area contributed by atoms with Gasteiger partial charge in [0.1, 0.15) is 11.2 Å². The number of likely N-dealkylation sites (tertiary alicyclic amines) is 1. The van der Waals surface area contributed by atoms with Gasteiger partial charge in [0, 0.05) is 6.61 Å². The highest BCUT2D eigenvalue weighted by atomic mass is 16.6. The van der Waals surface area contributed by atoms with E-state index in [1.165, 1.54) is 4.90 Å². The van der Waals surface area contributed by atoms with Crippen LogP contribution in [0.5, 0.6) is 0 Å². The molecule has 98 valence electrons. The van der Waals surface area contributed by atoms with Crippen molar-refractivity contribution in [1.29, 1.82) is 0 Å². The number of β-amino-alcohol motifs (C(OH)–C–C–N with tert-alkyl or cyclic N) is 1. The first-order valence-electron chi connectivity index (χ1n) is 6.12. The molecule has 17 heavy (non-hydrogen) atoms. The van der Waals surface area contributed by atoms with Gasteiger partial charge in [-0.05, 0) is 33.6 Å². The van der Waals surface area contributed by atoms with Crippen molar-refractivity contribution in [2.75, 3.05) is 19.7 Å². The van der Waals surface area contributed by atoms with E-state index in [0.717, 1.165) is 12.8 Å². The van der Waals surface area contributed by atoms with E-state index in [9.17, 15) is 9.90 Å². The molecular weight excluding hydrogens is 222 g/mol. The summed E-state index contributed by atoms with van der Waals surface area (Å²) < 4.78 is 10.7. The Hall–Kier alpha value is -0.810. The van der Waals surface area contributed by atoms with Crippen LogP contribution in [0, 0.1) is 0 Å². The molecule has 2 aliphatic heterocycles. The molecule has 0 aromatic rings. The molecule has 0 radical (unpaired) electrons. The van der Waals surface area contributed by atoms with Crippen molar-refractivity contribution in [3.8, 4) is 0 Å². The number of carbonyl (C=O) groups excluding carboxylic acids is 1. The van der Waals surface area contributed by atoms with Crippen LogP contribution < -0.4 is 0 Å². The summed E-state index contributed by atoms with van der Waals surface area (Å²) in [6, 6.07) is 0. The van der Waals surface area contributed by atoms with Crippen molar-refractivity contribution in [2.45, 2.75) is 50.9 Å². The molecule has 2 heterocycles. The van der Waals surface area contributed by atoms with Gasteiger partial charge >= 0.3 is 6.09 Å². The number of amides is 1. The molecule has 0 aliphatic carbocycles. The summed E-state index contributed by atoms with van der Waals surface area (Å²) in [7, 11) is 0. The number of hydrogen-bond donors (Lipinski definition) is 1. The summed E-state index contributed by atoms with van der Waals surface area (Å²) in [5.41, 5.74) is -1.36. The average Bonchev–Trinajstić information content (AvgIpc) is 2.62. The second-order valence-corrected chi connectivity index (χ2v) is 5.94. The van der Waals surface area contributed by atoms with E-state index >= 15 is 0 Å². The second-order valence-electron chi connectivity index (χ2n) is 5.94. The molecule has 1 N–H and O–H groups in total. The first-order valence-corrected chi connectivity index (χ1v) is 6.12. The van der Waals surface area contributed by atoms with Crippen LogP contribution >= 0.6 is 0 Å². The van der Waals surface area contributed by atoms with E-state index in [1.807, 2.05) is 20.8 Å². The maximum absolute atomic E-state index is 11.7. The smallest absolute Gasteiger partial charge is 0.410 e. The molecule has 2 saturated heterocycles. The minimum atomic E-state index is -0.868. The van der Waals surface area contributed by atoms with Crippen LogP contribution in [0.1, 0.15) is 33.6 Å². The van der Waals surface area contributed by atoms with E-state index in [-0.39, 0.29) is 12.2 Å². The summed E-state index contributed by atoms with van der Waals surface area (Å²) in [4.78, 5) is 13.2. The largest absolute Gasteiger partial charge is 0.444 e. The predicted octanol–water partition coefficient (Wildman–Crippen LogP) is 1.15. The third-order valence-corrected chi connectivity index (χ3v) is 3.11. The van der Waals surface area contributed by atoms with Crippen molar-refractivity contribution in [1.82, 2.24) is 4.90 Å². The lowest BCUT2D eigenvalue weighted by Gasteiger charge is -2.48. The van der Waals surface area contributed by atoms with Crippen LogP contribution in [0.3, 0.4) is 0 Å². The molecule has 2 rings (SSSR count). The molecule has 0 bridgehead atoms. The van der Waals surface area contributed by atoms with E-state index < -0.39 is 11.2 Å². The van der Waals surface area contributed by atoms with E-state index in [4.69, 9.17) is 9.47 Å². The number of hydrogen-bond acceptors (Lipinski definition) is 4. The van der Waals surface area contributed by atoms with E-state index in [0.29, 0.717) is 19.7 Å². The van der Waals surface area contributed by atoms with Gasteiger partial charge in [0.05, 0.1) is 19.2 Å². The molecule has 2 fully saturated rings. The molecule has 0 aromatic carbocycles. The fourth-order valence-electron chi connectivity index (χ4n) is 2.28. The monoisotopic (exact) mass is 243 g/mol. The van der Waals surface area contributed by atoms with Crippen molar-refractivity contribution >= 4 is 6.09 Å². The molecule has 1 atom stereocenters. The molecule has 5 nitrogen and oxygen atoms in total. The molecule has 2 aliphatic rings. The van der Waals surface area contributed by atoms with Gasteiger partial charge in [-0.2, -0.15) is 0 Å². The molecule has 0 spiro atoms. The average molecular weight is 243 g/mol. The minimum Gasteiger partial charge on any atom is -0.444 e. The molecule has 0 aromatic heterocycles. The fraction of sp³-hybridized carbons (Fsp3) is 0.917. The van der Waals surface area contributed by atoms with Crippen LogP contribution in [-0.2, 0) is 9.47 Å². The van der Waals surface area contributed by atoms with Gasteiger partial charge in [-0.25, -0.2) is 4.79 Å². The number of carbonyl (C=O) groups is 1. The highest BCUT2D eigenvalue weighted by Crippen LogP contribution is 2.32. The maximum atomic E-state index is 11.7. The zero-order valence-corrected chi connectivity index (χ0v) is 10.7. The number of nitrogens with zero attached hydrogens (tertiary/aromatic N) is 1. The Labute approximate surface area is 102 Å². The first kappa shape index (κ1) is 12.6. The number of aliphatic hydroxyl groups is 1. The van der Waals surface area contributed by atoms with Gasteiger partial charge in [0.2, 0.25) is 0 Å². The Bertz CT molecular complexity index is 298. The number of rotatable bonds is 1. The van der Waals surface area contributed by atoms with E-state index in [1.54, 1.807) is 0 Å². The Kier molecular flexibility index (Phi) is 3.08. The van der Waals surface area contributed by atoms with Crippen molar-refractivity contribution in [3.05, 3.63) is 0 Å². The SMILES string of the molecule is CC(C)(C)OC(=O)N1CC(O)(C2CCCO2)C1. The van der Waals surface area contributed by atoms with Crippen LogP contribution in [0.25, 0.3) is 0 Å². The molecule has 1 unspecified atom stereocenters.